The van der Waals surface area contributed by atoms with Crippen LogP contribution in [0.15, 0.2) is 47.3 Å². The molecule has 5 nitrogen and oxygen atoms in total. The van der Waals surface area contributed by atoms with Gasteiger partial charge >= 0.3 is 0 Å². The summed E-state index contributed by atoms with van der Waals surface area (Å²) in [6.07, 6.45) is 0. The van der Waals surface area contributed by atoms with Crippen molar-refractivity contribution >= 4 is 5.91 Å². The molecule has 21 heavy (non-hydrogen) atoms. The van der Waals surface area contributed by atoms with Gasteiger partial charge in [0, 0.05) is 18.2 Å². The number of pyridine rings is 1. The predicted molar refractivity (Wildman–Crippen MR) is 78.6 cm³/mol. The van der Waals surface area contributed by atoms with Crippen molar-refractivity contribution < 1.29 is 9.90 Å². The highest BCUT2D eigenvalue weighted by atomic mass is 16.2. The summed E-state index contributed by atoms with van der Waals surface area (Å²) in [6.45, 7) is 0.132. The minimum atomic E-state index is -0.348. The number of nitrogens with one attached hydrogen (secondary N) is 2. The Bertz CT molecular complexity index is 754. The largest absolute Gasteiger partial charge is 0.384 e. The van der Waals surface area contributed by atoms with E-state index in [4.69, 9.17) is 5.11 Å². The van der Waals surface area contributed by atoms with E-state index in [2.05, 4.69) is 22.1 Å². The molecule has 2 rings (SSSR count). The van der Waals surface area contributed by atoms with E-state index in [0.717, 1.165) is 11.1 Å². The number of hydrogen-bond donors (Lipinski definition) is 3. The topological polar surface area (TPSA) is 82.2 Å². The molecule has 5 heteroatoms. The Kier molecular flexibility index (Phi) is 4.91. The summed E-state index contributed by atoms with van der Waals surface area (Å²) >= 11 is 0. The molecular formula is C16H14N2O3. The number of benzene rings is 1. The molecular weight excluding hydrogens is 268 g/mol. The van der Waals surface area contributed by atoms with Gasteiger partial charge in [-0.25, -0.2) is 0 Å². The van der Waals surface area contributed by atoms with Crippen LogP contribution in [-0.4, -0.2) is 22.6 Å². The Morgan fingerprint density at radius 2 is 2.05 bits per heavy atom. The first-order valence-electron chi connectivity index (χ1n) is 6.35. The van der Waals surface area contributed by atoms with Gasteiger partial charge in [0.25, 0.3) is 5.91 Å². The summed E-state index contributed by atoms with van der Waals surface area (Å²) in [5, 5.41) is 11.4. The maximum absolute atomic E-state index is 11.9. The van der Waals surface area contributed by atoms with Gasteiger partial charge in [-0.05, 0) is 23.8 Å². The molecule has 0 aliphatic heterocycles. The lowest BCUT2D eigenvalue weighted by Gasteiger charge is -2.05. The molecule has 0 fully saturated rings. The van der Waals surface area contributed by atoms with Gasteiger partial charge in [-0.2, -0.15) is 0 Å². The Morgan fingerprint density at radius 1 is 1.24 bits per heavy atom. The molecule has 0 saturated heterocycles. The predicted octanol–water partition coefficient (Wildman–Crippen LogP) is 0.649. The first-order valence-corrected chi connectivity index (χ1v) is 6.35. The van der Waals surface area contributed by atoms with Crippen LogP contribution < -0.4 is 10.9 Å². The van der Waals surface area contributed by atoms with E-state index in [1.165, 1.54) is 12.1 Å². The van der Waals surface area contributed by atoms with Crippen molar-refractivity contribution in [3.63, 3.8) is 0 Å². The van der Waals surface area contributed by atoms with Crippen LogP contribution in [0, 0.1) is 11.8 Å². The second-order valence-corrected chi connectivity index (χ2v) is 4.27. The highest BCUT2D eigenvalue weighted by molar-refractivity contribution is 5.92. The first kappa shape index (κ1) is 14.6. The quantitative estimate of drug-likeness (QED) is 0.723. The van der Waals surface area contributed by atoms with Gasteiger partial charge < -0.3 is 15.4 Å². The maximum atomic E-state index is 11.9. The summed E-state index contributed by atoms with van der Waals surface area (Å²) in [7, 11) is 0. The van der Waals surface area contributed by atoms with Crippen LogP contribution in [0.3, 0.4) is 0 Å². The van der Waals surface area contributed by atoms with Crippen molar-refractivity contribution in [1.29, 1.82) is 0 Å². The number of aromatic amines is 1. The smallest absolute Gasteiger partial charge is 0.268 e. The van der Waals surface area contributed by atoms with Gasteiger partial charge in [0.2, 0.25) is 5.56 Å². The number of aliphatic hydroxyl groups is 1. The average molecular weight is 282 g/mol. The molecule has 1 heterocycles. The highest BCUT2D eigenvalue weighted by Gasteiger charge is 2.05. The molecule has 0 radical (unpaired) electrons. The van der Waals surface area contributed by atoms with Gasteiger partial charge in [-0.3, -0.25) is 9.59 Å². The van der Waals surface area contributed by atoms with Crippen LogP contribution in [-0.2, 0) is 6.54 Å². The number of rotatable bonds is 3. The first-order chi connectivity index (χ1) is 10.2. The Hall–Kier alpha value is -2.84. The fraction of sp³-hybridized carbons (Fsp3) is 0.125. The zero-order valence-electron chi connectivity index (χ0n) is 11.2. The number of hydrogen-bond acceptors (Lipinski definition) is 3. The van der Waals surface area contributed by atoms with Crippen molar-refractivity contribution in [2.24, 2.45) is 0 Å². The van der Waals surface area contributed by atoms with Crippen molar-refractivity contribution in [2.75, 3.05) is 6.61 Å². The minimum absolute atomic E-state index is 0.192. The fourth-order valence-electron chi connectivity index (χ4n) is 1.76. The lowest BCUT2D eigenvalue weighted by Crippen LogP contribution is -2.25. The lowest BCUT2D eigenvalue weighted by molar-refractivity contribution is 0.0945. The molecule has 0 aliphatic carbocycles. The zero-order valence-corrected chi connectivity index (χ0v) is 11.2. The number of carbonyl (C=O) groups is 1. The molecule has 0 atom stereocenters. The SMILES string of the molecule is O=C(NCc1cccc(C#CCO)c1)c1cccc(=O)[nH]1. The molecule has 2 aromatic rings. The van der Waals surface area contributed by atoms with E-state index in [1.54, 1.807) is 6.07 Å². The van der Waals surface area contributed by atoms with Crippen LogP contribution in [0.2, 0.25) is 0 Å². The molecule has 1 aromatic carbocycles. The molecule has 0 aliphatic rings. The standard InChI is InChI=1S/C16H14N2O3/c19-9-3-6-12-4-1-5-13(10-12)11-17-16(21)14-7-2-8-15(20)18-14/h1-2,4-5,7-8,10,19H,9,11H2,(H,17,21)(H,18,20). The van der Waals surface area contributed by atoms with E-state index in [1.807, 2.05) is 24.3 Å². The summed E-state index contributed by atoms with van der Waals surface area (Å²) < 4.78 is 0. The van der Waals surface area contributed by atoms with Crippen LogP contribution in [0.25, 0.3) is 0 Å². The van der Waals surface area contributed by atoms with Crippen LogP contribution in [0.5, 0.6) is 0 Å². The number of aromatic nitrogens is 1. The average Bonchev–Trinajstić information content (AvgIpc) is 2.51. The van der Waals surface area contributed by atoms with Crippen LogP contribution in [0.1, 0.15) is 21.6 Å². The van der Waals surface area contributed by atoms with Gasteiger partial charge in [-0.15, -0.1) is 0 Å². The summed E-state index contributed by atoms with van der Waals surface area (Å²) in [6, 6.07) is 11.8. The number of amides is 1. The van der Waals surface area contributed by atoms with Gasteiger partial charge in [0.15, 0.2) is 0 Å². The third kappa shape index (κ3) is 4.34. The van der Waals surface area contributed by atoms with E-state index < -0.39 is 0 Å². The van der Waals surface area contributed by atoms with E-state index in [0.29, 0.717) is 6.54 Å². The van der Waals surface area contributed by atoms with Crippen molar-refractivity contribution in [1.82, 2.24) is 10.3 Å². The lowest BCUT2D eigenvalue weighted by atomic mass is 10.1. The van der Waals surface area contributed by atoms with Crippen molar-refractivity contribution in [2.45, 2.75) is 6.54 Å². The third-order valence-corrected chi connectivity index (χ3v) is 2.70. The monoisotopic (exact) mass is 282 g/mol. The minimum Gasteiger partial charge on any atom is -0.384 e. The Morgan fingerprint density at radius 3 is 2.81 bits per heavy atom. The van der Waals surface area contributed by atoms with Crippen molar-refractivity contribution in [3.8, 4) is 11.8 Å². The van der Waals surface area contributed by atoms with E-state index in [-0.39, 0.29) is 23.8 Å². The van der Waals surface area contributed by atoms with E-state index in [9.17, 15) is 9.59 Å². The molecule has 0 spiro atoms. The van der Waals surface area contributed by atoms with Crippen molar-refractivity contribution in [3.05, 3.63) is 69.6 Å². The normalized spacial score (nSPS) is 9.57. The molecule has 1 amide bonds. The number of H-pyrrole nitrogens is 1. The molecule has 1 aromatic heterocycles. The fourth-order valence-corrected chi connectivity index (χ4v) is 1.76. The molecule has 0 bridgehead atoms. The molecule has 0 saturated carbocycles. The van der Waals surface area contributed by atoms with Gasteiger partial charge in [0.05, 0.1) is 0 Å². The van der Waals surface area contributed by atoms with E-state index >= 15 is 0 Å². The highest BCUT2D eigenvalue weighted by Crippen LogP contribution is 2.04. The van der Waals surface area contributed by atoms with Gasteiger partial charge in [0.1, 0.15) is 12.3 Å². The summed E-state index contributed by atoms with van der Waals surface area (Å²) in [4.78, 5) is 25.5. The molecule has 106 valence electrons. The zero-order chi connectivity index (χ0) is 15.1. The second-order valence-electron chi connectivity index (χ2n) is 4.27. The molecule has 3 N–H and O–H groups in total. The van der Waals surface area contributed by atoms with Crippen LogP contribution in [0.4, 0.5) is 0 Å². The maximum Gasteiger partial charge on any atom is 0.268 e. The number of aliphatic hydroxyl groups excluding tert-OH is 1. The number of carbonyl (C=O) groups excluding carboxylic acids is 1. The Labute approximate surface area is 121 Å². The second kappa shape index (κ2) is 7.08. The Balaban J connectivity index is 2.03. The van der Waals surface area contributed by atoms with Gasteiger partial charge in [-0.1, -0.05) is 30.0 Å². The molecule has 0 unspecified atom stereocenters. The third-order valence-electron chi connectivity index (χ3n) is 2.70. The summed E-state index contributed by atoms with van der Waals surface area (Å²) in [5.41, 5.74) is 1.55. The van der Waals surface area contributed by atoms with Crippen LogP contribution >= 0.6 is 0 Å². The summed E-state index contributed by atoms with van der Waals surface area (Å²) in [5.74, 6) is 5.02.